The molecular weight excluding hydrogens is 487 g/mol. The number of amides is 1. The summed E-state index contributed by atoms with van der Waals surface area (Å²) in [7, 11) is -2.23. The number of quaternary nitrogens is 1. The van der Waals surface area contributed by atoms with Crippen LogP contribution in [0.5, 0.6) is 0 Å². The number of carbonyl (C=O) groups excluding carboxylic acids is 1. The van der Waals surface area contributed by atoms with Gasteiger partial charge in [-0.25, -0.2) is 0 Å². The highest BCUT2D eigenvalue weighted by molar-refractivity contribution is 7.45. The average Bonchev–Trinajstić information content (AvgIpc) is 3.25. The Labute approximate surface area is 227 Å². The fraction of sp³-hybridized carbons (Fsp3) is 0.966. The van der Waals surface area contributed by atoms with Gasteiger partial charge < -0.3 is 23.3 Å². The Morgan fingerprint density at radius 2 is 1.41 bits per heavy atom. The van der Waals surface area contributed by atoms with E-state index in [-0.39, 0.29) is 12.5 Å². The van der Waals surface area contributed by atoms with Crippen LogP contribution in [-0.2, 0) is 18.4 Å². The zero-order valence-electron chi connectivity index (χ0n) is 24.1. The van der Waals surface area contributed by atoms with Crippen molar-refractivity contribution in [2.45, 2.75) is 135 Å². The molecule has 0 bridgehead atoms. The number of likely N-dealkylation sites (tertiary alicyclic amines) is 2. The van der Waals surface area contributed by atoms with Gasteiger partial charge in [0.2, 0.25) is 5.91 Å². The number of phosphoric ester groups is 1. The summed E-state index contributed by atoms with van der Waals surface area (Å²) in [6, 6.07) is 0. The normalized spacial score (nSPS) is 20.3. The van der Waals surface area contributed by atoms with Crippen LogP contribution in [0.25, 0.3) is 0 Å². The lowest BCUT2D eigenvalue weighted by molar-refractivity contribution is -0.916. The van der Waals surface area contributed by atoms with Crippen molar-refractivity contribution in [2.24, 2.45) is 0 Å². The topological polar surface area (TPSA) is 78.9 Å². The van der Waals surface area contributed by atoms with Crippen LogP contribution in [0.4, 0.5) is 0 Å². The van der Waals surface area contributed by atoms with E-state index in [1.165, 1.54) is 77.0 Å². The van der Waals surface area contributed by atoms with Crippen molar-refractivity contribution in [2.75, 3.05) is 46.4 Å². The molecular formula is C29H57N2O5P. The Morgan fingerprint density at radius 3 is 1.92 bits per heavy atom. The largest absolute Gasteiger partial charge is 0.756 e. The lowest BCUT2D eigenvalue weighted by atomic mass is 10.0. The van der Waals surface area contributed by atoms with E-state index in [1.807, 2.05) is 0 Å². The summed E-state index contributed by atoms with van der Waals surface area (Å²) in [4.78, 5) is 26.6. The summed E-state index contributed by atoms with van der Waals surface area (Å²) in [6.07, 6.45) is 22.0. The van der Waals surface area contributed by atoms with Crippen molar-refractivity contribution in [3.8, 4) is 0 Å². The molecule has 2 rings (SSSR count). The van der Waals surface area contributed by atoms with Gasteiger partial charge in [-0.1, -0.05) is 90.4 Å². The molecule has 2 unspecified atom stereocenters. The van der Waals surface area contributed by atoms with Gasteiger partial charge in [0.1, 0.15) is 12.6 Å². The van der Waals surface area contributed by atoms with E-state index in [4.69, 9.17) is 9.05 Å². The highest BCUT2D eigenvalue weighted by Gasteiger charge is 2.34. The predicted molar refractivity (Wildman–Crippen MR) is 149 cm³/mol. The number of likely N-dealkylation sites (N-methyl/N-ethyl adjacent to an activating group) is 1. The third-order valence-electron chi connectivity index (χ3n) is 8.16. The highest BCUT2D eigenvalue weighted by Crippen LogP contribution is 2.41. The van der Waals surface area contributed by atoms with Crippen molar-refractivity contribution in [3.63, 3.8) is 0 Å². The first kappa shape index (κ1) is 32.8. The molecule has 2 saturated heterocycles. The van der Waals surface area contributed by atoms with Crippen molar-refractivity contribution in [3.05, 3.63) is 0 Å². The van der Waals surface area contributed by atoms with E-state index in [0.717, 1.165) is 56.1 Å². The fourth-order valence-corrected chi connectivity index (χ4v) is 6.82. The molecule has 2 aliphatic rings. The van der Waals surface area contributed by atoms with E-state index < -0.39 is 13.9 Å². The van der Waals surface area contributed by atoms with Gasteiger partial charge in [0.25, 0.3) is 7.82 Å². The van der Waals surface area contributed by atoms with Crippen molar-refractivity contribution < 1.29 is 27.8 Å². The first-order valence-corrected chi connectivity index (χ1v) is 17.0. The molecule has 0 aromatic heterocycles. The molecule has 0 aliphatic carbocycles. The zero-order valence-corrected chi connectivity index (χ0v) is 25.0. The zero-order chi connectivity index (χ0) is 26.8. The first-order valence-electron chi connectivity index (χ1n) is 15.6. The van der Waals surface area contributed by atoms with Gasteiger partial charge in [-0.2, -0.15) is 0 Å². The molecule has 1 amide bonds. The maximum absolute atomic E-state index is 12.6. The van der Waals surface area contributed by atoms with Gasteiger partial charge >= 0.3 is 0 Å². The lowest BCUT2D eigenvalue weighted by Gasteiger charge is -2.41. The molecule has 8 heteroatoms. The summed E-state index contributed by atoms with van der Waals surface area (Å²) in [5.41, 5.74) is 0. The second kappa shape index (κ2) is 18.8. The predicted octanol–water partition coefficient (Wildman–Crippen LogP) is 6.59. The lowest BCUT2D eigenvalue weighted by Crippen LogP contribution is -2.54. The average molecular weight is 545 g/mol. The second-order valence-corrected chi connectivity index (χ2v) is 13.2. The highest BCUT2D eigenvalue weighted by atomic mass is 31.2. The van der Waals surface area contributed by atoms with Crippen molar-refractivity contribution in [1.29, 1.82) is 0 Å². The SMILES string of the molecule is CCCCCCCCCCCCCCCCOP(=O)([O-])OC(CN1CCCC1=O)C[N+]1(C)CCCCC1. The Balaban J connectivity index is 1.58. The molecule has 2 heterocycles. The first-order chi connectivity index (χ1) is 17.8. The van der Waals surface area contributed by atoms with Gasteiger partial charge in [0, 0.05) is 13.0 Å². The van der Waals surface area contributed by atoms with Crippen LogP contribution < -0.4 is 4.89 Å². The third-order valence-corrected chi connectivity index (χ3v) is 9.22. The van der Waals surface area contributed by atoms with E-state index in [9.17, 15) is 14.3 Å². The van der Waals surface area contributed by atoms with Crippen LogP contribution in [-0.4, -0.2) is 67.8 Å². The van der Waals surface area contributed by atoms with Crippen molar-refractivity contribution in [1.82, 2.24) is 4.90 Å². The second-order valence-electron chi connectivity index (χ2n) is 11.9. The number of rotatable bonds is 22. The molecule has 0 radical (unpaired) electrons. The summed E-state index contributed by atoms with van der Waals surface area (Å²) >= 11 is 0. The standard InChI is InChI=1S/C29H57N2O5P/c1-3-4-5-6-7-8-9-10-11-12-13-14-15-19-25-35-37(33,34)36-28(26-30-22-20-21-29(30)32)27-31(2)23-17-16-18-24-31/h28H,3-27H2,1-2H3. The fourth-order valence-electron chi connectivity index (χ4n) is 5.90. The number of piperidine rings is 1. The Morgan fingerprint density at radius 1 is 0.865 bits per heavy atom. The van der Waals surface area contributed by atoms with Gasteiger partial charge in [-0.3, -0.25) is 9.36 Å². The van der Waals surface area contributed by atoms with E-state index in [0.29, 0.717) is 26.1 Å². The molecule has 0 aromatic rings. The summed E-state index contributed by atoms with van der Waals surface area (Å²) in [5.74, 6) is 0.0963. The van der Waals surface area contributed by atoms with Gasteiger partial charge in [-0.15, -0.1) is 0 Å². The Hall–Kier alpha value is -0.460. The molecule has 0 N–H and O–H groups in total. The Bertz CT molecular complexity index is 656. The minimum Gasteiger partial charge on any atom is -0.756 e. The quantitative estimate of drug-likeness (QED) is 0.0873. The summed E-state index contributed by atoms with van der Waals surface area (Å²) < 4.78 is 24.3. The minimum atomic E-state index is -4.41. The molecule has 7 nitrogen and oxygen atoms in total. The van der Waals surface area contributed by atoms with E-state index in [1.54, 1.807) is 4.90 Å². The minimum absolute atomic E-state index is 0.0963. The van der Waals surface area contributed by atoms with Crippen molar-refractivity contribution >= 4 is 13.7 Å². The third kappa shape index (κ3) is 15.1. The molecule has 2 fully saturated rings. The number of hydrogen-bond donors (Lipinski definition) is 0. The number of unbranched alkanes of at least 4 members (excludes halogenated alkanes) is 13. The monoisotopic (exact) mass is 544 g/mol. The van der Waals surface area contributed by atoms with Crippen LogP contribution in [0.15, 0.2) is 0 Å². The van der Waals surface area contributed by atoms with E-state index in [2.05, 4.69) is 14.0 Å². The van der Waals surface area contributed by atoms with Gasteiger partial charge in [0.05, 0.1) is 33.3 Å². The van der Waals surface area contributed by atoms with Crippen LogP contribution >= 0.6 is 7.82 Å². The van der Waals surface area contributed by atoms with Crippen LogP contribution in [0.1, 0.15) is 129 Å². The smallest absolute Gasteiger partial charge is 0.268 e. The Kier molecular flexibility index (Phi) is 16.6. The summed E-state index contributed by atoms with van der Waals surface area (Å²) in [6.45, 7) is 6.11. The van der Waals surface area contributed by atoms with Crippen LogP contribution in [0.3, 0.4) is 0 Å². The number of hydrogen-bond acceptors (Lipinski definition) is 5. The number of phosphoric acid groups is 1. The van der Waals surface area contributed by atoms with Crippen LogP contribution in [0.2, 0.25) is 0 Å². The molecule has 2 atom stereocenters. The summed E-state index contributed by atoms with van der Waals surface area (Å²) in [5, 5.41) is 0. The van der Waals surface area contributed by atoms with Gasteiger partial charge in [-0.05, 0) is 32.1 Å². The van der Waals surface area contributed by atoms with Gasteiger partial charge in [0.15, 0.2) is 0 Å². The molecule has 0 spiro atoms. The van der Waals surface area contributed by atoms with E-state index >= 15 is 0 Å². The molecule has 37 heavy (non-hydrogen) atoms. The maximum Gasteiger partial charge on any atom is 0.268 e. The maximum atomic E-state index is 12.6. The molecule has 218 valence electrons. The molecule has 0 saturated carbocycles. The number of carbonyl (C=O) groups is 1. The number of nitrogens with zero attached hydrogens (tertiary/aromatic N) is 2. The molecule has 0 aromatic carbocycles. The van der Waals surface area contributed by atoms with Crippen LogP contribution in [0, 0.1) is 0 Å². The molecule has 2 aliphatic heterocycles.